The van der Waals surface area contributed by atoms with Crippen molar-refractivity contribution in [3.8, 4) is 0 Å². The van der Waals surface area contributed by atoms with Gasteiger partial charge in [-0.25, -0.2) is 4.39 Å². The minimum absolute atomic E-state index is 0.102. The fraction of sp³-hybridized carbons (Fsp3) is 0.571. The van der Waals surface area contributed by atoms with Crippen LogP contribution in [-0.4, -0.2) is 24.0 Å². The third kappa shape index (κ3) is 3.02. The van der Waals surface area contributed by atoms with E-state index in [0.29, 0.717) is 17.6 Å². The lowest BCUT2D eigenvalue weighted by molar-refractivity contribution is 0.191. The molecule has 0 radical (unpaired) electrons. The third-order valence-electron chi connectivity index (χ3n) is 3.44. The topological polar surface area (TPSA) is 29.3 Å². The van der Waals surface area contributed by atoms with Gasteiger partial charge in [0.25, 0.3) is 0 Å². The Balaban J connectivity index is 2.25. The first kappa shape index (κ1) is 13.8. The van der Waals surface area contributed by atoms with Gasteiger partial charge in [-0.05, 0) is 43.5 Å². The Labute approximate surface area is 113 Å². The molecule has 0 aromatic heterocycles. The first-order valence-electron chi connectivity index (χ1n) is 6.58. The molecule has 2 nitrogen and oxygen atoms in total. The van der Waals surface area contributed by atoms with Gasteiger partial charge in [0, 0.05) is 23.7 Å². The molecule has 1 unspecified atom stereocenters. The second kappa shape index (κ2) is 6.00. The van der Waals surface area contributed by atoms with Crippen molar-refractivity contribution in [2.75, 3.05) is 13.1 Å². The van der Waals surface area contributed by atoms with Crippen LogP contribution in [-0.2, 0) is 0 Å². The predicted octanol–water partition coefficient (Wildman–Crippen LogP) is 3.35. The zero-order valence-corrected chi connectivity index (χ0v) is 11.5. The summed E-state index contributed by atoms with van der Waals surface area (Å²) < 4.78 is 13.1. The Morgan fingerprint density at radius 3 is 2.72 bits per heavy atom. The van der Waals surface area contributed by atoms with Crippen molar-refractivity contribution in [1.29, 1.82) is 0 Å². The average Bonchev–Trinajstić information content (AvgIpc) is 3.15. The summed E-state index contributed by atoms with van der Waals surface area (Å²) in [5, 5.41) is 0.479. The summed E-state index contributed by atoms with van der Waals surface area (Å²) >= 11 is 6.15. The predicted molar refractivity (Wildman–Crippen MR) is 73.2 cm³/mol. The van der Waals surface area contributed by atoms with Gasteiger partial charge in [-0.1, -0.05) is 24.6 Å². The van der Waals surface area contributed by atoms with Gasteiger partial charge in [-0.2, -0.15) is 0 Å². The van der Waals surface area contributed by atoms with E-state index in [1.54, 1.807) is 6.07 Å². The Morgan fingerprint density at radius 1 is 1.50 bits per heavy atom. The molecule has 1 atom stereocenters. The summed E-state index contributed by atoms with van der Waals surface area (Å²) in [6, 6.07) is 5.32. The molecule has 0 saturated heterocycles. The van der Waals surface area contributed by atoms with Crippen molar-refractivity contribution in [3.63, 3.8) is 0 Å². The van der Waals surface area contributed by atoms with E-state index in [-0.39, 0.29) is 11.9 Å². The standard InChI is InChI=1S/C14H20ClFN2/c1-2-7-18(11-4-5-11)14(9-17)12-6-3-10(16)8-13(12)15/h3,6,8,11,14H,2,4-5,7,9,17H2,1H3. The number of halogens is 2. The number of nitrogens with zero attached hydrogens (tertiary/aromatic N) is 1. The molecule has 1 aliphatic carbocycles. The van der Waals surface area contributed by atoms with Crippen molar-refractivity contribution in [2.24, 2.45) is 5.73 Å². The summed E-state index contributed by atoms with van der Waals surface area (Å²) in [7, 11) is 0. The quantitative estimate of drug-likeness (QED) is 0.859. The number of benzene rings is 1. The molecular weight excluding hydrogens is 251 g/mol. The normalized spacial score (nSPS) is 17.2. The van der Waals surface area contributed by atoms with Crippen molar-refractivity contribution in [3.05, 3.63) is 34.6 Å². The molecular formula is C14H20ClFN2. The van der Waals surface area contributed by atoms with Crippen LogP contribution >= 0.6 is 11.6 Å². The number of hydrogen-bond donors (Lipinski definition) is 1. The van der Waals surface area contributed by atoms with Crippen molar-refractivity contribution in [2.45, 2.75) is 38.3 Å². The summed E-state index contributed by atoms with van der Waals surface area (Å²) in [5.41, 5.74) is 6.86. The molecule has 4 heteroatoms. The fourth-order valence-corrected chi connectivity index (χ4v) is 2.76. The van der Waals surface area contributed by atoms with Crippen LogP contribution in [0.25, 0.3) is 0 Å². The number of hydrogen-bond acceptors (Lipinski definition) is 2. The van der Waals surface area contributed by atoms with E-state index < -0.39 is 0 Å². The van der Waals surface area contributed by atoms with E-state index in [2.05, 4.69) is 11.8 Å². The first-order valence-corrected chi connectivity index (χ1v) is 6.96. The largest absolute Gasteiger partial charge is 0.329 e. The smallest absolute Gasteiger partial charge is 0.124 e. The first-order chi connectivity index (χ1) is 8.67. The zero-order chi connectivity index (χ0) is 13.1. The Kier molecular flexibility index (Phi) is 4.60. The van der Waals surface area contributed by atoms with Gasteiger partial charge >= 0.3 is 0 Å². The van der Waals surface area contributed by atoms with Crippen LogP contribution in [0.4, 0.5) is 4.39 Å². The minimum Gasteiger partial charge on any atom is -0.329 e. The van der Waals surface area contributed by atoms with E-state index in [9.17, 15) is 4.39 Å². The van der Waals surface area contributed by atoms with Crippen molar-refractivity contribution >= 4 is 11.6 Å². The van der Waals surface area contributed by atoms with E-state index >= 15 is 0 Å². The molecule has 1 aliphatic rings. The van der Waals surface area contributed by atoms with E-state index in [4.69, 9.17) is 17.3 Å². The Morgan fingerprint density at radius 2 is 2.22 bits per heavy atom. The highest BCUT2D eigenvalue weighted by Crippen LogP contribution is 2.36. The van der Waals surface area contributed by atoms with Crippen LogP contribution in [0.15, 0.2) is 18.2 Å². The van der Waals surface area contributed by atoms with Crippen LogP contribution in [0.1, 0.15) is 37.8 Å². The number of rotatable bonds is 6. The van der Waals surface area contributed by atoms with E-state index in [1.165, 1.54) is 25.0 Å². The number of nitrogens with two attached hydrogens (primary N) is 1. The minimum atomic E-state index is -0.298. The highest BCUT2D eigenvalue weighted by Gasteiger charge is 2.34. The average molecular weight is 271 g/mol. The van der Waals surface area contributed by atoms with Gasteiger partial charge in [0.1, 0.15) is 5.82 Å². The van der Waals surface area contributed by atoms with E-state index in [0.717, 1.165) is 18.5 Å². The molecule has 0 spiro atoms. The zero-order valence-electron chi connectivity index (χ0n) is 10.7. The van der Waals surface area contributed by atoms with Crippen molar-refractivity contribution in [1.82, 2.24) is 4.90 Å². The summed E-state index contributed by atoms with van der Waals surface area (Å²) in [4.78, 5) is 2.42. The van der Waals surface area contributed by atoms with Crippen LogP contribution in [0.2, 0.25) is 5.02 Å². The lowest BCUT2D eigenvalue weighted by atomic mass is 10.0. The maximum absolute atomic E-state index is 13.1. The van der Waals surface area contributed by atoms with Crippen LogP contribution in [0.3, 0.4) is 0 Å². The molecule has 2 N–H and O–H groups in total. The maximum atomic E-state index is 13.1. The molecule has 100 valence electrons. The lowest BCUT2D eigenvalue weighted by Gasteiger charge is -2.31. The molecule has 18 heavy (non-hydrogen) atoms. The van der Waals surface area contributed by atoms with Crippen molar-refractivity contribution < 1.29 is 4.39 Å². The van der Waals surface area contributed by atoms with Crippen LogP contribution in [0, 0.1) is 5.82 Å². The van der Waals surface area contributed by atoms with Crippen LogP contribution in [0.5, 0.6) is 0 Å². The highest BCUT2D eigenvalue weighted by molar-refractivity contribution is 6.31. The molecule has 0 bridgehead atoms. The Bertz CT molecular complexity index is 407. The summed E-state index contributed by atoms with van der Waals surface area (Å²) in [6.45, 7) is 3.69. The van der Waals surface area contributed by atoms with Gasteiger partial charge in [-0.15, -0.1) is 0 Å². The molecule has 0 amide bonds. The van der Waals surface area contributed by atoms with Gasteiger partial charge in [0.2, 0.25) is 0 Å². The summed E-state index contributed by atoms with van der Waals surface area (Å²) in [5.74, 6) is -0.298. The molecule has 0 aliphatic heterocycles. The van der Waals surface area contributed by atoms with Gasteiger partial charge < -0.3 is 5.73 Å². The van der Waals surface area contributed by atoms with Gasteiger partial charge in [0.05, 0.1) is 0 Å². The molecule has 2 rings (SSSR count). The van der Waals surface area contributed by atoms with Gasteiger partial charge in [0.15, 0.2) is 0 Å². The molecule has 1 aromatic carbocycles. The monoisotopic (exact) mass is 270 g/mol. The van der Waals surface area contributed by atoms with E-state index in [1.807, 2.05) is 0 Å². The molecule has 1 fully saturated rings. The maximum Gasteiger partial charge on any atom is 0.124 e. The van der Waals surface area contributed by atoms with Crippen LogP contribution < -0.4 is 5.73 Å². The molecule has 0 heterocycles. The second-order valence-electron chi connectivity index (χ2n) is 4.89. The summed E-state index contributed by atoms with van der Waals surface area (Å²) in [6.07, 6.45) is 3.55. The lowest BCUT2D eigenvalue weighted by Crippen LogP contribution is -2.36. The highest BCUT2D eigenvalue weighted by atomic mass is 35.5. The molecule has 1 saturated carbocycles. The second-order valence-corrected chi connectivity index (χ2v) is 5.29. The SMILES string of the molecule is CCCN(C1CC1)C(CN)c1ccc(F)cc1Cl. The fourth-order valence-electron chi connectivity index (χ4n) is 2.47. The van der Waals surface area contributed by atoms with Gasteiger partial charge in [-0.3, -0.25) is 4.90 Å². The molecule has 1 aromatic rings. The third-order valence-corrected chi connectivity index (χ3v) is 3.77. The Hall–Kier alpha value is -0.640.